The van der Waals surface area contributed by atoms with Crippen molar-refractivity contribution in [1.82, 2.24) is 5.48 Å². The number of amides is 1. The molecule has 2 N–H and O–H groups in total. The Morgan fingerprint density at radius 2 is 1.57 bits per heavy atom. The number of anilines is 1. The second kappa shape index (κ2) is 10.2. The first-order chi connectivity index (χ1) is 17.6. The van der Waals surface area contributed by atoms with Crippen LogP contribution in [0.25, 0.3) is 10.8 Å². The smallest absolute Gasteiger partial charge is 0.276 e. The van der Waals surface area contributed by atoms with Crippen LogP contribution in [-0.4, -0.2) is 26.6 Å². The standard InChI is InChI=1S/C29H30N2O5S/c1-29(2,3)26-12-8-11-24-23(26)17-18-25(28(32)30-33)27(24)31(19-20-9-6-5-7-10-20)37(34,35)22-15-13-21(36-4)14-16-22/h5-18,33H,19H2,1-4H3,(H,30,32). The van der Waals surface area contributed by atoms with Gasteiger partial charge in [0.15, 0.2) is 0 Å². The number of hydroxylamine groups is 1. The maximum absolute atomic E-state index is 14.2. The lowest BCUT2D eigenvalue weighted by molar-refractivity contribution is 0.0707. The molecule has 0 spiro atoms. The maximum Gasteiger partial charge on any atom is 0.276 e. The summed E-state index contributed by atoms with van der Waals surface area (Å²) in [7, 11) is -2.66. The molecule has 0 radical (unpaired) electrons. The molecule has 0 bridgehead atoms. The fourth-order valence-electron chi connectivity index (χ4n) is 4.42. The number of methoxy groups -OCH3 is 1. The first kappa shape index (κ1) is 26.2. The highest BCUT2D eigenvalue weighted by molar-refractivity contribution is 7.92. The van der Waals surface area contributed by atoms with Crippen LogP contribution in [0.5, 0.6) is 5.75 Å². The van der Waals surface area contributed by atoms with Gasteiger partial charge >= 0.3 is 0 Å². The molecule has 4 rings (SSSR count). The van der Waals surface area contributed by atoms with Gasteiger partial charge in [0.25, 0.3) is 15.9 Å². The Balaban J connectivity index is 2.06. The van der Waals surface area contributed by atoms with Gasteiger partial charge in [0.1, 0.15) is 5.75 Å². The van der Waals surface area contributed by atoms with E-state index in [4.69, 9.17) is 4.74 Å². The van der Waals surface area contributed by atoms with Gasteiger partial charge in [0.05, 0.1) is 29.8 Å². The van der Waals surface area contributed by atoms with Crippen LogP contribution in [0.1, 0.15) is 42.3 Å². The number of hydrogen-bond acceptors (Lipinski definition) is 5. The molecule has 0 aliphatic heterocycles. The molecule has 0 fully saturated rings. The van der Waals surface area contributed by atoms with Crippen LogP contribution < -0.4 is 14.5 Å². The fraction of sp³-hybridized carbons (Fsp3) is 0.207. The first-order valence-corrected chi connectivity index (χ1v) is 13.2. The van der Waals surface area contributed by atoms with Crippen LogP contribution in [-0.2, 0) is 22.0 Å². The minimum atomic E-state index is -4.17. The third kappa shape index (κ3) is 5.16. The number of ether oxygens (including phenoxy) is 1. The van der Waals surface area contributed by atoms with Gasteiger partial charge in [-0.15, -0.1) is 0 Å². The number of hydrogen-bond donors (Lipinski definition) is 2. The summed E-state index contributed by atoms with van der Waals surface area (Å²) in [5, 5.41) is 10.9. The Bertz CT molecular complexity index is 1530. The summed E-state index contributed by atoms with van der Waals surface area (Å²) < 4.78 is 34.9. The van der Waals surface area contributed by atoms with E-state index in [0.717, 1.165) is 16.5 Å². The largest absolute Gasteiger partial charge is 0.497 e. The Kier molecular flexibility index (Phi) is 7.25. The molecule has 0 aliphatic carbocycles. The average Bonchev–Trinajstić information content (AvgIpc) is 2.90. The number of rotatable bonds is 7. The van der Waals surface area contributed by atoms with E-state index >= 15 is 0 Å². The highest BCUT2D eigenvalue weighted by Gasteiger charge is 2.31. The molecule has 0 heterocycles. The zero-order chi connectivity index (χ0) is 26.8. The van der Waals surface area contributed by atoms with Crippen LogP contribution in [0, 0.1) is 0 Å². The van der Waals surface area contributed by atoms with Crippen molar-refractivity contribution in [3.63, 3.8) is 0 Å². The number of carbonyl (C=O) groups is 1. The third-order valence-corrected chi connectivity index (χ3v) is 8.01. The van der Waals surface area contributed by atoms with E-state index in [-0.39, 0.29) is 28.1 Å². The minimum absolute atomic E-state index is 0.0280. The second-order valence-electron chi connectivity index (χ2n) is 9.73. The van der Waals surface area contributed by atoms with Crippen LogP contribution in [0.3, 0.4) is 0 Å². The lowest BCUT2D eigenvalue weighted by atomic mass is 9.83. The van der Waals surface area contributed by atoms with Crippen LogP contribution in [0.15, 0.2) is 89.8 Å². The lowest BCUT2D eigenvalue weighted by Crippen LogP contribution is -2.33. The molecule has 1 amide bonds. The number of sulfonamides is 1. The summed E-state index contributed by atoms with van der Waals surface area (Å²) in [6.45, 7) is 6.20. The van der Waals surface area contributed by atoms with E-state index in [1.807, 2.05) is 42.5 Å². The molecule has 0 saturated carbocycles. The summed E-state index contributed by atoms with van der Waals surface area (Å²) in [4.78, 5) is 12.9. The highest BCUT2D eigenvalue weighted by Crippen LogP contribution is 2.40. The molecule has 4 aromatic rings. The molecule has 0 saturated heterocycles. The Labute approximate surface area is 217 Å². The zero-order valence-electron chi connectivity index (χ0n) is 21.2. The van der Waals surface area contributed by atoms with Gasteiger partial charge in [-0.25, -0.2) is 13.9 Å². The van der Waals surface area contributed by atoms with E-state index in [2.05, 4.69) is 20.8 Å². The Morgan fingerprint density at radius 3 is 2.16 bits per heavy atom. The van der Waals surface area contributed by atoms with Gasteiger partial charge in [0, 0.05) is 5.39 Å². The molecule has 0 aliphatic rings. The molecular formula is C29H30N2O5S. The van der Waals surface area contributed by atoms with E-state index in [0.29, 0.717) is 11.1 Å². The molecule has 0 aromatic heterocycles. The third-order valence-electron chi connectivity index (χ3n) is 6.25. The zero-order valence-corrected chi connectivity index (χ0v) is 22.0. The summed E-state index contributed by atoms with van der Waals surface area (Å²) in [5.74, 6) is -0.282. The summed E-state index contributed by atoms with van der Waals surface area (Å²) in [6.07, 6.45) is 0. The molecule has 4 aromatic carbocycles. The van der Waals surface area contributed by atoms with E-state index in [1.165, 1.54) is 23.5 Å². The Morgan fingerprint density at radius 1 is 0.892 bits per heavy atom. The van der Waals surface area contributed by atoms with Crippen molar-refractivity contribution in [2.75, 3.05) is 11.4 Å². The van der Waals surface area contributed by atoms with Crippen molar-refractivity contribution in [2.24, 2.45) is 0 Å². The molecule has 192 valence electrons. The van der Waals surface area contributed by atoms with Crippen molar-refractivity contribution in [2.45, 2.75) is 37.6 Å². The van der Waals surface area contributed by atoms with E-state index < -0.39 is 15.9 Å². The normalized spacial score (nSPS) is 11.8. The van der Waals surface area contributed by atoms with Gasteiger partial charge in [-0.2, -0.15) is 0 Å². The van der Waals surface area contributed by atoms with Crippen molar-refractivity contribution in [1.29, 1.82) is 0 Å². The molecule has 0 atom stereocenters. The second-order valence-corrected chi connectivity index (χ2v) is 11.6. The van der Waals surface area contributed by atoms with Crippen LogP contribution in [0.4, 0.5) is 5.69 Å². The lowest BCUT2D eigenvalue weighted by Gasteiger charge is -2.29. The minimum Gasteiger partial charge on any atom is -0.497 e. The monoisotopic (exact) mass is 518 g/mol. The topological polar surface area (TPSA) is 95.9 Å². The summed E-state index contributed by atoms with van der Waals surface area (Å²) in [5.41, 5.74) is 3.40. The number of carbonyl (C=O) groups excluding carboxylic acids is 1. The number of nitrogens with one attached hydrogen (secondary N) is 1. The quantitative estimate of drug-likeness (QED) is 0.243. The van der Waals surface area contributed by atoms with Gasteiger partial charge in [0.2, 0.25) is 0 Å². The molecule has 7 nitrogen and oxygen atoms in total. The number of benzene rings is 4. The molecule has 37 heavy (non-hydrogen) atoms. The van der Waals surface area contributed by atoms with Crippen molar-refractivity contribution >= 4 is 32.4 Å². The highest BCUT2D eigenvalue weighted by atomic mass is 32.2. The summed E-state index contributed by atoms with van der Waals surface area (Å²) in [6, 6.07) is 24.3. The molecular weight excluding hydrogens is 488 g/mol. The van der Waals surface area contributed by atoms with E-state index in [9.17, 15) is 18.4 Å². The Hall–Kier alpha value is -3.88. The van der Waals surface area contributed by atoms with E-state index in [1.54, 1.807) is 35.8 Å². The fourth-order valence-corrected chi connectivity index (χ4v) is 5.91. The van der Waals surface area contributed by atoms with Gasteiger partial charge in [-0.05, 0) is 52.3 Å². The number of fused-ring (bicyclic) bond motifs is 1. The van der Waals surface area contributed by atoms with Gasteiger partial charge in [-0.1, -0.05) is 75.4 Å². The number of nitrogens with zero attached hydrogens (tertiary/aromatic N) is 1. The summed E-state index contributed by atoms with van der Waals surface area (Å²) >= 11 is 0. The molecule has 8 heteroatoms. The SMILES string of the molecule is COc1ccc(S(=O)(=O)N(Cc2ccccc2)c2c(C(=O)NO)ccc3c(C(C)(C)C)cccc23)cc1. The van der Waals surface area contributed by atoms with Gasteiger partial charge in [-0.3, -0.25) is 14.3 Å². The predicted octanol–water partition coefficient (Wildman–Crippen LogP) is 5.66. The van der Waals surface area contributed by atoms with Crippen LogP contribution in [0.2, 0.25) is 0 Å². The van der Waals surface area contributed by atoms with Crippen molar-refractivity contribution in [3.05, 3.63) is 102 Å². The average molecular weight is 519 g/mol. The molecule has 0 unspecified atom stereocenters. The van der Waals surface area contributed by atoms with Gasteiger partial charge < -0.3 is 4.74 Å². The maximum atomic E-state index is 14.2. The predicted molar refractivity (Wildman–Crippen MR) is 145 cm³/mol. The van der Waals surface area contributed by atoms with Crippen molar-refractivity contribution < 1.29 is 23.2 Å². The van der Waals surface area contributed by atoms with Crippen molar-refractivity contribution in [3.8, 4) is 5.75 Å². The first-order valence-electron chi connectivity index (χ1n) is 11.8. The van der Waals surface area contributed by atoms with Crippen LogP contribution >= 0.6 is 0 Å².